The Hall–Kier alpha value is -4.20. The van der Waals surface area contributed by atoms with Crippen LogP contribution in [-0.4, -0.2) is 81.6 Å². The summed E-state index contributed by atoms with van der Waals surface area (Å²) in [6.45, 7) is 0.617. The molecule has 0 radical (unpaired) electrons. The van der Waals surface area contributed by atoms with Crippen molar-refractivity contribution in [2.75, 3.05) is 6.54 Å². The van der Waals surface area contributed by atoms with Crippen molar-refractivity contribution in [2.24, 2.45) is 5.73 Å². The lowest BCUT2D eigenvalue weighted by molar-refractivity contribution is -0.143. The smallest absolute Gasteiger partial charge is 0.326 e. The van der Waals surface area contributed by atoms with Crippen LogP contribution in [0.25, 0.3) is 0 Å². The lowest BCUT2D eigenvalue weighted by Gasteiger charge is -2.24. The van der Waals surface area contributed by atoms with Crippen molar-refractivity contribution < 1.29 is 44.1 Å². The third-order valence-electron chi connectivity index (χ3n) is 5.69. The molecule has 4 unspecified atom stereocenters. The van der Waals surface area contributed by atoms with E-state index in [1.165, 1.54) is 24.3 Å². The molecule has 1 aliphatic rings. The van der Waals surface area contributed by atoms with E-state index in [4.69, 9.17) is 5.73 Å². The highest BCUT2D eigenvalue weighted by Crippen LogP contribution is 2.12. The molecule has 1 fully saturated rings. The number of nitrogens with one attached hydrogen (secondary N) is 4. The predicted molar refractivity (Wildman–Crippen MR) is 127 cm³/mol. The molecule has 9 N–H and O–H groups in total. The van der Waals surface area contributed by atoms with Gasteiger partial charge in [-0.25, -0.2) is 4.79 Å². The highest BCUT2D eigenvalue weighted by Gasteiger charge is 2.32. The largest absolute Gasteiger partial charge is 0.508 e. The van der Waals surface area contributed by atoms with Gasteiger partial charge in [-0.2, -0.15) is 0 Å². The number of carboxylic acid groups (broad SMARTS) is 2. The number of primary amides is 1. The molecule has 1 aliphatic heterocycles. The predicted octanol–water partition coefficient (Wildman–Crippen LogP) is -2.03. The van der Waals surface area contributed by atoms with Crippen molar-refractivity contribution in [1.82, 2.24) is 21.3 Å². The second-order valence-corrected chi connectivity index (χ2v) is 8.64. The van der Waals surface area contributed by atoms with Crippen molar-refractivity contribution >= 4 is 35.6 Å². The summed E-state index contributed by atoms with van der Waals surface area (Å²) in [5, 5.41) is 38.1. The monoisotopic (exact) mass is 521 g/mol. The van der Waals surface area contributed by atoms with Gasteiger partial charge in [0.2, 0.25) is 23.6 Å². The number of carboxylic acids is 2. The molecule has 1 saturated heterocycles. The average Bonchev–Trinajstić information content (AvgIpc) is 3.36. The fourth-order valence-corrected chi connectivity index (χ4v) is 3.73. The second-order valence-electron chi connectivity index (χ2n) is 8.64. The molecular formula is C23H31N5O9. The fourth-order valence-electron chi connectivity index (χ4n) is 3.73. The Morgan fingerprint density at radius 1 is 0.946 bits per heavy atom. The Labute approximate surface area is 212 Å². The number of amides is 4. The molecule has 0 spiro atoms. The standard InChI is InChI=1S/C23H31N5O9/c24-18(30)8-7-15(26-20(33)14-2-1-9-25-14)21(34)27-16(11-19(31)32)22(35)28-17(23(36)37)10-12-3-5-13(29)6-4-12/h3-6,14-17,25,29H,1-2,7-11H2,(H2,24,30)(H,26,33)(H,27,34)(H,28,35)(H,31,32)(H,36,37). The summed E-state index contributed by atoms with van der Waals surface area (Å²) in [5.41, 5.74) is 5.63. The minimum atomic E-state index is -1.68. The van der Waals surface area contributed by atoms with Crippen molar-refractivity contribution in [3.05, 3.63) is 29.8 Å². The van der Waals surface area contributed by atoms with Gasteiger partial charge >= 0.3 is 11.9 Å². The third-order valence-corrected chi connectivity index (χ3v) is 5.69. The van der Waals surface area contributed by atoms with Crippen LogP contribution in [0, 0.1) is 0 Å². The van der Waals surface area contributed by atoms with Gasteiger partial charge in [-0.05, 0) is 43.5 Å². The maximum Gasteiger partial charge on any atom is 0.326 e. The minimum Gasteiger partial charge on any atom is -0.508 e. The van der Waals surface area contributed by atoms with Crippen LogP contribution in [0.5, 0.6) is 5.75 Å². The van der Waals surface area contributed by atoms with E-state index in [1.807, 2.05) is 0 Å². The van der Waals surface area contributed by atoms with E-state index >= 15 is 0 Å². The maximum absolute atomic E-state index is 12.9. The number of hydrogen-bond donors (Lipinski definition) is 8. The van der Waals surface area contributed by atoms with Crippen LogP contribution in [0.3, 0.4) is 0 Å². The van der Waals surface area contributed by atoms with Gasteiger partial charge in [-0.1, -0.05) is 12.1 Å². The van der Waals surface area contributed by atoms with Crippen molar-refractivity contribution in [3.8, 4) is 5.75 Å². The summed E-state index contributed by atoms with van der Waals surface area (Å²) in [5.74, 6) is -6.12. The van der Waals surface area contributed by atoms with Crippen LogP contribution in [0.4, 0.5) is 0 Å². The molecule has 14 nitrogen and oxygen atoms in total. The number of phenolic OH excluding ortho intramolecular Hbond substituents is 1. The molecule has 1 heterocycles. The van der Waals surface area contributed by atoms with Gasteiger partial charge in [-0.3, -0.25) is 24.0 Å². The molecule has 0 aromatic heterocycles. The minimum absolute atomic E-state index is 0.0365. The van der Waals surface area contributed by atoms with Gasteiger partial charge in [0, 0.05) is 12.8 Å². The normalized spacial score (nSPS) is 17.1. The molecule has 4 atom stereocenters. The van der Waals surface area contributed by atoms with Crippen molar-refractivity contribution in [2.45, 2.75) is 62.7 Å². The van der Waals surface area contributed by atoms with E-state index in [0.29, 0.717) is 18.5 Å². The summed E-state index contributed by atoms with van der Waals surface area (Å²) in [6, 6.07) is 0.611. The third kappa shape index (κ3) is 9.76. The van der Waals surface area contributed by atoms with Gasteiger partial charge in [0.15, 0.2) is 0 Å². The first kappa shape index (κ1) is 29.0. The Balaban J connectivity index is 2.13. The van der Waals surface area contributed by atoms with Crippen molar-refractivity contribution in [1.29, 1.82) is 0 Å². The van der Waals surface area contributed by atoms with Crippen LogP contribution < -0.4 is 27.0 Å². The first-order valence-corrected chi connectivity index (χ1v) is 11.6. The average molecular weight is 522 g/mol. The second kappa shape index (κ2) is 13.8. The zero-order chi connectivity index (χ0) is 27.5. The first-order chi connectivity index (χ1) is 17.5. The number of carbonyl (C=O) groups is 6. The highest BCUT2D eigenvalue weighted by atomic mass is 16.4. The fraction of sp³-hybridized carbons (Fsp3) is 0.478. The Bertz CT molecular complexity index is 1010. The number of aromatic hydroxyl groups is 1. The van der Waals surface area contributed by atoms with Gasteiger partial charge in [0.1, 0.15) is 23.9 Å². The lowest BCUT2D eigenvalue weighted by Crippen LogP contribution is -2.57. The van der Waals surface area contributed by atoms with Gasteiger partial charge in [-0.15, -0.1) is 0 Å². The zero-order valence-corrected chi connectivity index (χ0v) is 19.9. The highest BCUT2D eigenvalue weighted by molar-refractivity contribution is 5.96. The van der Waals surface area contributed by atoms with E-state index in [9.17, 15) is 44.1 Å². The van der Waals surface area contributed by atoms with Crippen LogP contribution in [-0.2, 0) is 35.2 Å². The number of rotatable bonds is 14. The Morgan fingerprint density at radius 2 is 1.57 bits per heavy atom. The van der Waals surface area contributed by atoms with Crippen LogP contribution in [0.2, 0.25) is 0 Å². The maximum atomic E-state index is 12.9. The lowest BCUT2D eigenvalue weighted by atomic mass is 10.0. The summed E-state index contributed by atoms with van der Waals surface area (Å²) in [7, 11) is 0. The topological polar surface area (TPSA) is 237 Å². The van der Waals surface area contributed by atoms with Gasteiger partial charge in [0.05, 0.1) is 12.5 Å². The van der Waals surface area contributed by atoms with Crippen molar-refractivity contribution in [3.63, 3.8) is 0 Å². The molecule has 4 amide bonds. The molecular weight excluding hydrogens is 490 g/mol. The number of phenols is 1. The number of hydrogen-bond acceptors (Lipinski definition) is 8. The van der Waals surface area contributed by atoms with E-state index in [2.05, 4.69) is 21.3 Å². The van der Waals surface area contributed by atoms with Crippen LogP contribution in [0.1, 0.15) is 37.7 Å². The number of carbonyl (C=O) groups excluding carboxylic acids is 4. The van der Waals surface area contributed by atoms with E-state index in [1.54, 1.807) is 0 Å². The summed E-state index contributed by atoms with van der Waals surface area (Å²) >= 11 is 0. The SMILES string of the molecule is NC(=O)CCC(NC(=O)C1CCCN1)C(=O)NC(CC(=O)O)C(=O)NC(Cc1ccc(O)cc1)C(=O)O. The Kier molecular flexibility index (Phi) is 10.8. The molecule has 0 bridgehead atoms. The summed E-state index contributed by atoms with van der Waals surface area (Å²) in [4.78, 5) is 72.6. The Morgan fingerprint density at radius 3 is 2.11 bits per heavy atom. The first-order valence-electron chi connectivity index (χ1n) is 11.6. The summed E-state index contributed by atoms with van der Waals surface area (Å²) in [6.07, 6.45) is -0.214. The van der Waals surface area contributed by atoms with E-state index < -0.39 is 66.2 Å². The van der Waals surface area contributed by atoms with E-state index in [-0.39, 0.29) is 25.0 Å². The van der Waals surface area contributed by atoms with Gasteiger partial charge in [0.25, 0.3) is 0 Å². The van der Waals surface area contributed by atoms with Gasteiger partial charge < -0.3 is 42.3 Å². The summed E-state index contributed by atoms with van der Waals surface area (Å²) < 4.78 is 0. The molecule has 14 heteroatoms. The molecule has 0 aliphatic carbocycles. The number of aliphatic carboxylic acids is 2. The number of nitrogens with two attached hydrogens (primary N) is 1. The van der Waals surface area contributed by atoms with Crippen LogP contribution in [0.15, 0.2) is 24.3 Å². The quantitative estimate of drug-likeness (QED) is 0.133. The molecule has 1 aromatic rings. The molecule has 2 rings (SSSR count). The van der Waals surface area contributed by atoms with E-state index in [0.717, 1.165) is 6.42 Å². The molecule has 37 heavy (non-hydrogen) atoms. The van der Waals surface area contributed by atoms with Crippen LogP contribution >= 0.6 is 0 Å². The molecule has 0 saturated carbocycles. The molecule has 202 valence electrons. The number of benzene rings is 1. The molecule has 1 aromatic carbocycles. The zero-order valence-electron chi connectivity index (χ0n) is 19.9.